The summed E-state index contributed by atoms with van der Waals surface area (Å²) in [5.41, 5.74) is -0.114. The lowest BCUT2D eigenvalue weighted by atomic mass is 9.84. The van der Waals surface area contributed by atoms with Crippen molar-refractivity contribution in [2.45, 2.75) is 64.5 Å². The molecule has 2 atom stereocenters. The smallest absolute Gasteiger partial charge is 0.240 e. The quantitative estimate of drug-likeness (QED) is 0.884. The third-order valence-electron chi connectivity index (χ3n) is 4.00. The van der Waals surface area contributed by atoms with Gasteiger partial charge >= 0.3 is 0 Å². The van der Waals surface area contributed by atoms with E-state index in [0.717, 1.165) is 25.7 Å². The molecule has 2 unspecified atom stereocenters. The maximum atomic E-state index is 11.9. The van der Waals surface area contributed by atoms with E-state index >= 15 is 0 Å². The van der Waals surface area contributed by atoms with Crippen molar-refractivity contribution in [3.05, 3.63) is 11.7 Å². The Bertz CT molecular complexity index is 478. The van der Waals surface area contributed by atoms with E-state index in [1.165, 1.54) is 0 Å². The molecule has 1 fully saturated rings. The van der Waals surface area contributed by atoms with Gasteiger partial charge in [-0.3, -0.25) is 4.79 Å². The fourth-order valence-electron chi connectivity index (χ4n) is 2.72. The van der Waals surface area contributed by atoms with Crippen LogP contribution in [0.2, 0.25) is 0 Å². The van der Waals surface area contributed by atoms with Crippen LogP contribution >= 0.6 is 0 Å². The van der Waals surface area contributed by atoms with Crippen LogP contribution < -0.4 is 10.6 Å². The summed E-state index contributed by atoms with van der Waals surface area (Å²) in [5, 5.41) is 10.2. The van der Waals surface area contributed by atoms with Gasteiger partial charge in [0.25, 0.3) is 0 Å². The third kappa shape index (κ3) is 4.03. The predicted octanol–water partition coefficient (Wildman–Crippen LogP) is 1.76. The summed E-state index contributed by atoms with van der Waals surface area (Å²) >= 11 is 0. The number of carbonyl (C=O) groups excluding carboxylic acids is 1. The minimum Gasteiger partial charge on any atom is -0.359 e. The van der Waals surface area contributed by atoms with Crippen LogP contribution in [0, 0.1) is 5.92 Å². The lowest BCUT2D eigenvalue weighted by molar-refractivity contribution is -0.126. The molecule has 118 valence electrons. The van der Waals surface area contributed by atoms with Crippen molar-refractivity contribution in [1.82, 2.24) is 20.8 Å². The second-order valence-corrected chi connectivity index (χ2v) is 6.75. The summed E-state index contributed by atoms with van der Waals surface area (Å²) in [7, 11) is 1.70. The lowest BCUT2D eigenvalue weighted by Gasteiger charge is -2.30. The monoisotopic (exact) mass is 294 g/mol. The first-order chi connectivity index (χ1) is 9.91. The number of carbonyl (C=O) groups is 1. The van der Waals surface area contributed by atoms with Crippen LogP contribution in [0.3, 0.4) is 0 Å². The molecule has 0 aliphatic heterocycles. The molecular formula is C15H26N4O2. The molecule has 0 spiro atoms. The maximum Gasteiger partial charge on any atom is 0.240 e. The molecule has 6 heteroatoms. The Morgan fingerprint density at radius 3 is 2.67 bits per heavy atom. The number of amides is 1. The first kappa shape index (κ1) is 15.9. The van der Waals surface area contributed by atoms with Crippen molar-refractivity contribution in [3.63, 3.8) is 0 Å². The fraction of sp³-hybridized carbons (Fsp3) is 0.800. The second-order valence-electron chi connectivity index (χ2n) is 6.75. The topological polar surface area (TPSA) is 80.0 Å². The zero-order chi connectivity index (χ0) is 15.5. The zero-order valence-corrected chi connectivity index (χ0v) is 13.4. The minimum atomic E-state index is -0.114. The lowest BCUT2D eigenvalue weighted by Crippen LogP contribution is -2.45. The highest BCUT2D eigenvalue weighted by atomic mass is 16.5. The summed E-state index contributed by atoms with van der Waals surface area (Å²) in [6, 6.07) is 0.184. The van der Waals surface area contributed by atoms with Gasteiger partial charge < -0.3 is 15.2 Å². The van der Waals surface area contributed by atoms with E-state index in [4.69, 9.17) is 4.52 Å². The Morgan fingerprint density at radius 1 is 1.33 bits per heavy atom. The van der Waals surface area contributed by atoms with E-state index in [9.17, 15) is 4.79 Å². The highest BCUT2D eigenvalue weighted by Gasteiger charge is 2.30. The van der Waals surface area contributed by atoms with Crippen molar-refractivity contribution in [3.8, 4) is 0 Å². The van der Waals surface area contributed by atoms with Crippen LogP contribution in [0.1, 0.15) is 58.2 Å². The molecule has 0 bridgehead atoms. The standard InChI is InChI=1S/C15H26N4O2/c1-15(2,3)14-18-12(21-19-14)9-17-11-8-6-5-7-10(11)13(20)16-4/h10-11,17H,5-9H2,1-4H3,(H,16,20). The van der Waals surface area contributed by atoms with Crippen molar-refractivity contribution in [2.24, 2.45) is 5.92 Å². The molecule has 1 amide bonds. The SMILES string of the molecule is CNC(=O)C1CCCCC1NCc1nc(C(C)(C)C)no1. The number of nitrogens with zero attached hydrogens (tertiary/aromatic N) is 2. The first-order valence-electron chi connectivity index (χ1n) is 7.70. The van der Waals surface area contributed by atoms with Gasteiger partial charge in [0.15, 0.2) is 5.82 Å². The predicted molar refractivity (Wildman–Crippen MR) is 79.7 cm³/mol. The van der Waals surface area contributed by atoms with Crippen LogP contribution in [0.5, 0.6) is 0 Å². The van der Waals surface area contributed by atoms with E-state index in [-0.39, 0.29) is 23.3 Å². The number of aromatic nitrogens is 2. The van der Waals surface area contributed by atoms with E-state index in [1.807, 2.05) is 0 Å². The van der Waals surface area contributed by atoms with Gasteiger partial charge in [0.2, 0.25) is 11.8 Å². The fourth-order valence-corrected chi connectivity index (χ4v) is 2.72. The average molecular weight is 294 g/mol. The van der Waals surface area contributed by atoms with Crippen molar-refractivity contribution >= 4 is 5.91 Å². The molecule has 1 aliphatic carbocycles. The van der Waals surface area contributed by atoms with Gasteiger partial charge in [0.1, 0.15) is 0 Å². The highest BCUT2D eigenvalue weighted by Crippen LogP contribution is 2.25. The van der Waals surface area contributed by atoms with Crippen LogP contribution in [0.15, 0.2) is 4.52 Å². The molecular weight excluding hydrogens is 268 g/mol. The summed E-state index contributed by atoms with van der Waals surface area (Å²) in [5.74, 6) is 1.45. The molecule has 1 saturated carbocycles. The molecule has 0 radical (unpaired) electrons. The molecule has 1 aromatic heterocycles. The number of hydrogen-bond donors (Lipinski definition) is 2. The molecule has 0 aromatic carbocycles. The van der Waals surface area contributed by atoms with E-state index < -0.39 is 0 Å². The van der Waals surface area contributed by atoms with Gasteiger partial charge in [-0.1, -0.05) is 38.8 Å². The average Bonchev–Trinajstić information content (AvgIpc) is 2.93. The summed E-state index contributed by atoms with van der Waals surface area (Å²) in [6.45, 7) is 6.68. The van der Waals surface area contributed by atoms with E-state index in [2.05, 4.69) is 41.5 Å². The van der Waals surface area contributed by atoms with Gasteiger partial charge in [-0.2, -0.15) is 4.98 Å². The first-order valence-corrected chi connectivity index (χ1v) is 7.70. The highest BCUT2D eigenvalue weighted by molar-refractivity contribution is 5.79. The molecule has 1 aliphatic rings. The Kier molecular flexibility index (Phi) is 4.98. The van der Waals surface area contributed by atoms with Crippen molar-refractivity contribution in [1.29, 1.82) is 0 Å². The van der Waals surface area contributed by atoms with E-state index in [1.54, 1.807) is 7.05 Å². The maximum absolute atomic E-state index is 11.9. The van der Waals surface area contributed by atoms with Crippen LogP contribution in [-0.2, 0) is 16.8 Å². The second kappa shape index (κ2) is 6.56. The normalized spacial score (nSPS) is 23.0. The third-order valence-corrected chi connectivity index (χ3v) is 4.00. The van der Waals surface area contributed by atoms with Gasteiger partial charge in [-0.25, -0.2) is 0 Å². The molecule has 21 heavy (non-hydrogen) atoms. The summed E-state index contributed by atoms with van der Waals surface area (Å²) < 4.78 is 5.28. The van der Waals surface area contributed by atoms with E-state index in [0.29, 0.717) is 18.3 Å². The zero-order valence-electron chi connectivity index (χ0n) is 13.4. The molecule has 2 N–H and O–H groups in total. The Labute approximate surface area is 126 Å². The van der Waals surface area contributed by atoms with Crippen LogP contribution in [-0.4, -0.2) is 29.1 Å². The summed E-state index contributed by atoms with van der Waals surface area (Å²) in [4.78, 5) is 16.3. The molecule has 6 nitrogen and oxygen atoms in total. The van der Waals surface area contributed by atoms with Crippen LogP contribution in [0.4, 0.5) is 0 Å². The number of nitrogens with one attached hydrogen (secondary N) is 2. The van der Waals surface area contributed by atoms with Crippen LogP contribution in [0.25, 0.3) is 0 Å². The molecule has 2 rings (SSSR count). The van der Waals surface area contributed by atoms with Crippen molar-refractivity contribution < 1.29 is 9.32 Å². The largest absolute Gasteiger partial charge is 0.359 e. The number of rotatable bonds is 4. The van der Waals surface area contributed by atoms with Crippen molar-refractivity contribution in [2.75, 3.05) is 7.05 Å². The van der Waals surface area contributed by atoms with Gasteiger partial charge in [0.05, 0.1) is 12.5 Å². The minimum absolute atomic E-state index is 0.0359. The number of hydrogen-bond acceptors (Lipinski definition) is 5. The molecule has 1 aromatic rings. The molecule has 1 heterocycles. The summed E-state index contributed by atoms with van der Waals surface area (Å²) in [6.07, 6.45) is 4.22. The molecule has 0 saturated heterocycles. The van der Waals surface area contributed by atoms with Gasteiger partial charge in [0, 0.05) is 18.5 Å². The van der Waals surface area contributed by atoms with Gasteiger partial charge in [-0.05, 0) is 12.8 Å². The Morgan fingerprint density at radius 2 is 2.05 bits per heavy atom. The Hall–Kier alpha value is -1.43. The van der Waals surface area contributed by atoms with Gasteiger partial charge in [-0.15, -0.1) is 0 Å². The Balaban J connectivity index is 1.94.